The maximum atomic E-state index is 13.0. The first-order valence-corrected chi connectivity index (χ1v) is 9.55. The molecule has 0 saturated heterocycles. The van der Waals surface area contributed by atoms with Crippen LogP contribution >= 0.6 is 0 Å². The van der Waals surface area contributed by atoms with Crippen molar-refractivity contribution in [3.8, 4) is 5.75 Å². The highest BCUT2D eigenvalue weighted by atomic mass is 16.3. The van der Waals surface area contributed by atoms with Gasteiger partial charge in [0.05, 0.1) is 12.2 Å². The molecule has 1 unspecified atom stereocenters. The van der Waals surface area contributed by atoms with Crippen molar-refractivity contribution in [1.82, 2.24) is 19.7 Å². The van der Waals surface area contributed by atoms with Gasteiger partial charge in [0.15, 0.2) is 11.4 Å². The van der Waals surface area contributed by atoms with Gasteiger partial charge in [0.1, 0.15) is 0 Å². The van der Waals surface area contributed by atoms with E-state index in [1.807, 2.05) is 56.3 Å². The van der Waals surface area contributed by atoms with Crippen molar-refractivity contribution in [3.63, 3.8) is 0 Å². The van der Waals surface area contributed by atoms with E-state index in [1.165, 1.54) is 4.68 Å². The van der Waals surface area contributed by atoms with Crippen LogP contribution in [0.3, 0.4) is 0 Å². The van der Waals surface area contributed by atoms with Crippen LogP contribution in [-0.2, 0) is 0 Å². The highest BCUT2D eigenvalue weighted by molar-refractivity contribution is 5.96. The van der Waals surface area contributed by atoms with Crippen LogP contribution in [0.5, 0.6) is 5.75 Å². The molecule has 0 bridgehead atoms. The molecule has 1 N–H and O–H groups in total. The number of aromatic nitrogens is 3. The van der Waals surface area contributed by atoms with E-state index in [4.69, 9.17) is 0 Å². The molecular formula is C22H22N4O3. The minimum Gasteiger partial charge on any atom is -0.502 e. The third-order valence-electron chi connectivity index (χ3n) is 5.36. The third-order valence-corrected chi connectivity index (χ3v) is 5.36. The molecule has 7 heteroatoms. The van der Waals surface area contributed by atoms with E-state index in [9.17, 15) is 14.7 Å². The van der Waals surface area contributed by atoms with Crippen LogP contribution in [0, 0.1) is 0 Å². The monoisotopic (exact) mass is 390 g/mol. The van der Waals surface area contributed by atoms with E-state index >= 15 is 0 Å². The first-order chi connectivity index (χ1) is 14.0. The van der Waals surface area contributed by atoms with Crippen LogP contribution < -0.4 is 5.43 Å². The molecule has 1 amide bonds. The molecule has 0 radical (unpaired) electrons. The fraction of sp³-hybridized carbons (Fsp3) is 0.273. The minimum absolute atomic E-state index is 0.0627. The predicted octanol–water partition coefficient (Wildman–Crippen LogP) is 2.58. The summed E-state index contributed by atoms with van der Waals surface area (Å²) in [5.74, 6) is -1.12. The highest BCUT2D eigenvalue weighted by Gasteiger charge is 2.40. The molecule has 3 aromatic rings. The molecule has 0 aliphatic carbocycles. The summed E-state index contributed by atoms with van der Waals surface area (Å²) in [6, 6.07) is 13.4. The summed E-state index contributed by atoms with van der Waals surface area (Å²) >= 11 is 0. The van der Waals surface area contributed by atoms with Crippen LogP contribution in [0.1, 0.15) is 47.4 Å². The zero-order valence-electron chi connectivity index (χ0n) is 16.3. The second kappa shape index (κ2) is 7.50. The quantitative estimate of drug-likeness (QED) is 0.740. The van der Waals surface area contributed by atoms with Crippen molar-refractivity contribution < 1.29 is 9.90 Å². The molecule has 1 aliphatic heterocycles. The van der Waals surface area contributed by atoms with Gasteiger partial charge < -0.3 is 10.0 Å². The van der Waals surface area contributed by atoms with Crippen molar-refractivity contribution >= 4 is 5.91 Å². The first-order valence-electron chi connectivity index (χ1n) is 9.55. The van der Waals surface area contributed by atoms with E-state index in [2.05, 4.69) is 10.1 Å². The van der Waals surface area contributed by atoms with Crippen LogP contribution in [0.4, 0.5) is 0 Å². The molecule has 7 nitrogen and oxygen atoms in total. The Morgan fingerprint density at radius 2 is 1.76 bits per heavy atom. The standard InChI is InChI=1S/C22H22N4O3/c1-14(2)25-13-17(26-20(22(25)29)21(28)18(27)12-24-26)19(15-7-4-3-5-8-15)16-9-6-10-23-11-16/h3-12,14,17,19,28H,13H2,1-2H3/t17-,19?/m0/s1. The number of carbonyl (C=O) groups excluding carboxylic acids is 1. The molecule has 4 rings (SSSR count). The summed E-state index contributed by atoms with van der Waals surface area (Å²) in [7, 11) is 0. The second-order valence-electron chi connectivity index (χ2n) is 7.44. The zero-order valence-corrected chi connectivity index (χ0v) is 16.3. The smallest absolute Gasteiger partial charge is 0.276 e. The van der Waals surface area contributed by atoms with E-state index < -0.39 is 17.1 Å². The van der Waals surface area contributed by atoms with Gasteiger partial charge in [-0.25, -0.2) is 0 Å². The number of fused-ring (bicyclic) bond motifs is 1. The molecule has 148 valence electrons. The average Bonchev–Trinajstić information content (AvgIpc) is 2.73. The van der Waals surface area contributed by atoms with E-state index in [0.29, 0.717) is 6.54 Å². The Hall–Kier alpha value is -3.48. The molecule has 2 atom stereocenters. The molecule has 0 saturated carbocycles. The number of pyridine rings is 1. The van der Waals surface area contributed by atoms with Crippen molar-refractivity contribution in [2.45, 2.75) is 31.8 Å². The Balaban J connectivity index is 1.95. The van der Waals surface area contributed by atoms with Gasteiger partial charge in [0, 0.05) is 30.9 Å². The number of hydrogen-bond acceptors (Lipinski definition) is 5. The molecular weight excluding hydrogens is 368 g/mol. The fourth-order valence-electron chi connectivity index (χ4n) is 3.96. The minimum atomic E-state index is -0.661. The van der Waals surface area contributed by atoms with Gasteiger partial charge in [-0.05, 0) is 31.0 Å². The van der Waals surface area contributed by atoms with Crippen LogP contribution in [0.25, 0.3) is 0 Å². The normalized spacial score (nSPS) is 17.3. The van der Waals surface area contributed by atoms with Gasteiger partial charge in [-0.1, -0.05) is 36.4 Å². The number of amides is 1. The van der Waals surface area contributed by atoms with Crippen LogP contribution in [0.15, 0.2) is 65.8 Å². The maximum Gasteiger partial charge on any atom is 0.276 e. The topological polar surface area (TPSA) is 88.3 Å². The number of aromatic hydroxyl groups is 1. The predicted molar refractivity (Wildman–Crippen MR) is 108 cm³/mol. The van der Waals surface area contributed by atoms with Crippen molar-refractivity contribution in [3.05, 3.63) is 88.1 Å². The number of benzene rings is 1. The van der Waals surface area contributed by atoms with Gasteiger partial charge in [0.25, 0.3) is 5.91 Å². The molecule has 0 fully saturated rings. The lowest BCUT2D eigenvalue weighted by Crippen LogP contribution is -2.49. The fourth-order valence-corrected chi connectivity index (χ4v) is 3.96. The number of rotatable bonds is 4. The Morgan fingerprint density at radius 1 is 1.03 bits per heavy atom. The molecule has 3 heterocycles. The zero-order chi connectivity index (χ0) is 20.5. The summed E-state index contributed by atoms with van der Waals surface area (Å²) in [5, 5.41) is 14.7. The van der Waals surface area contributed by atoms with Crippen LogP contribution in [-0.4, -0.2) is 43.3 Å². The Morgan fingerprint density at radius 3 is 2.41 bits per heavy atom. The number of nitrogens with zero attached hydrogens (tertiary/aromatic N) is 4. The number of hydrogen-bond donors (Lipinski definition) is 1. The van der Waals surface area contributed by atoms with Gasteiger partial charge >= 0.3 is 0 Å². The molecule has 29 heavy (non-hydrogen) atoms. The lowest BCUT2D eigenvalue weighted by Gasteiger charge is -2.40. The maximum absolute atomic E-state index is 13.0. The molecule has 1 aliphatic rings. The van der Waals surface area contributed by atoms with Gasteiger partial charge in [-0.2, -0.15) is 5.10 Å². The summed E-state index contributed by atoms with van der Waals surface area (Å²) in [5.41, 5.74) is 1.28. The van der Waals surface area contributed by atoms with Crippen LogP contribution in [0.2, 0.25) is 0 Å². The van der Waals surface area contributed by atoms with Crippen molar-refractivity contribution in [1.29, 1.82) is 0 Å². The van der Waals surface area contributed by atoms with Gasteiger partial charge in [-0.3, -0.25) is 19.3 Å². The molecule has 2 aromatic heterocycles. The molecule has 0 spiro atoms. The summed E-state index contributed by atoms with van der Waals surface area (Å²) < 4.78 is 1.50. The number of carbonyl (C=O) groups is 1. The van der Waals surface area contributed by atoms with Crippen molar-refractivity contribution in [2.24, 2.45) is 0 Å². The molecule has 1 aromatic carbocycles. The summed E-state index contributed by atoms with van der Waals surface area (Å²) in [6.07, 6.45) is 4.58. The Bertz CT molecular complexity index is 1040. The summed E-state index contributed by atoms with van der Waals surface area (Å²) in [4.78, 5) is 31.0. The largest absolute Gasteiger partial charge is 0.502 e. The Labute approximate surface area is 168 Å². The average molecular weight is 390 g/mol. The van der Waals surface area contributed by atoms with E-state index in [-0.39, 0.29) is 23.7 Å². The van der Waals surface area contributed by atoms with E-state index in [0.717, 1.165) is 17.3 Å². The van der Waals surface area contributed by atoms with Gasteiger partial charge in [0.2, 0.25) is 5.43 Å². The lowest BCUT2D eigenvalue weighted by molar-refractivity contribution is 0.0570. The Kier molecular flexibility index (Phi) is 4.88. The highest BCUT2D eigenvalue weighted by Crippen LogP contribution is 2.39. The summed E-state index contributed by atoms with van der Waals surface area (Å²) in [6.45, 7) is 4.22. The second-order valence-corrected chi connectivity index (χ2v) is 7.44. The first kappa shape index (κ1) is 18.9. The van der Waals surface area contributed by atoms with Gasteiger partial charge in [-0.15, -0.1) is 0 Å². The lowest BCUT2D eigenvalue weighted by atomic mass is 9.84. The SMILES string of the molecule is CC(C)N1C[C@@H](C(c2ccccc2)c2cccnc2)n2ncc(=O)c(O)c2C1=O. The third kappa shape index (κ3) is 3.29. The van der Waals surface area contributed by atoms with E-state index in [1.54, 1.807) is 17.3 Å². The van der Waals surface area contributed by atoms with Crippen molar-refractivity contribution in [2.75, 3.05) is 6.54 Å².